The van der Waals surface area contributed by atoms with Crippen LogP contribution < -0.4 is 0 Å². The number of nitrogens with zero attached hydrogens (tertiary/aromatic N) is 2. The van der Waals surface area contributed by atoms with E-state index in [2.05, 4.69) is 4.98 Å². The molecule has 0 fully saturated rings. The molecule has 0 aliphatic rings. The summed E-state index contributed by atoms with van der Waals surface area (Å²) in [5.74, 6) is -0.763. The van der Waals surface area contributed by atoms with Gasteiger partial charge >= 0.3 is 0 Å². The second-order valence-corrected chi connectivity index (χ2v) is 3.50. The van der Waals surface area contributed by atoms with E-state index in [-0.39, 0.29) is 15.7 Å². The lowest BCUT2D eigenvalue weighted by Crippen LogP contribution is -2.01. The Kier molecular flexibility index (Phi) is 3.69. The number of rotatable bonds is 2. The molecule has 0 atom stereocenters. The number of aromatic nitrogens is 1. The molecule has 0 saturated carbocycles. The number of nitriles is 1. The van der Waals surface area contributed by atoms with Crippen LogP contribution in [0.4, 0.5) is 13.2 Å². The number of pyridine rings is 1. The summed E-state index contributed by atoms with van der Waals surface area (Å²) in [6.07, 6.45) is -2.99. The van der Waals surface area contributed by atoms with Crippen molar-refractivity contribution in [3.05, 3.63) is 26.8 Å². The molecule has 0 aromatic carbocycles. The molecule has 0 radical (unpaired) electrons. The average molecular weight is 312 g/mol. The van der Waals surface area contributed by atoms with E-state index in [1.807, 2.05) is 0 Å². The van der Waals surface area contributed by atoms with Crippen molar-refractivity contribution in [1.82, 2.24) is 4.98 Å². The summed E-state index contributed by atoms with van der Waals surface area (Å²) in [5, 5.41) is 8.36. The quantitative estimate of drug-likeness (QED) is 0.788. The van der Waals surface area contributed by atoms with Crippen molar-refractivity contribution in [2.24, 2.45) is 0 Å². The van der Waals surface area contributed by atoms with E-state index < -0.39 is 17.9 Å². The molecule has 0 spiro atoms. The first-order chi connectivity index (χ1) is 6.56. The third-order valence-corrected chi connectivity index (χ3v) is 2.61. The van der Waals surface area contributed by atoms with Crippen LogP contribution in [0.1, 0.15) is 17.8 Å². The lowest BCUT2D eigenvalue weighted by molar-refractivity contribution is 0.145. The minimum absolute atomic E-state index is 0.0587. The Morgan fingerprint density at radius 3 is 2.71 bits per heavy atom. The van der Waals surface area contributed by atoms with Crippen molar-refractivity contribution in [3.8, 4) is 6.07 Å². The fourth-order valence-electron chi connectivity index (χ4n) is 0.872. The van der Waals surface area contributed by atoms with Crippen LogP contribution in [-0.2, 0) is 6.42 Å². The van der Waals surface area contributed by atoms with E-state index in [0.29, 0.717) is 6.07 Å². The normalized spacial score (nSPS) is 10.3. The zero-order valence-electron chi connectivity index (χ0n) is 6.77. The van der Waals surface area contributed by atoms with E-state index in [0.717, 1.165) is 0 Å². The second-order valence-electron chi connectivity index (χ2n) is 2.43. The Balaban J connectivity index is 3.22. The molecule has 1 aromatic heterocycles. The van der Waals surface area contributed by atoms with Gasteiger partial charge < -0.3 is 0 Å². The summed E-state index contributed by atoms with van der Waals surface area (Å²) >= 11 is 1.63. The van der Waals surface area contributed by atoms with Gasteiger partial charge in [-0.2, -0.15) is 5.26 Å². The van der Waals surface area contributed by atoms with Gasteiger partial charge in [-0.1, -0.05) is 0 Å². The van der Waals surface area contributed by atoms with Gasteiger partial charge in [0.05, 0.1) is 21.8 Å². The van der Waals surface area contributed by atoms with Crippen LogP contribution >= 0.6 is 22.6 Å². The zero-order chi connectivity index (χ0) is 10.7. The molecule has 0 aliphatic carbocycles. The summed E-state index contributed by atoms with van der Waals surface area (Å²) in [6, 6.07) is 2.43. The molecule has 74 valence electrons. The number of alkyl halides is 2. The van der Waals surface area contributed by atoms with E-state index in [4.69, 9.17) is 5.26 Å². The van der Waals surface area contributed by atoms with Crippen LogP contribution in [0.15, 0.2) is 6.07 Å². The Morgan fingerprint density at radius 1 is 1.57 bits per heavy atom. The highest BCUT2D eigenvalue weighted by molar-refractivity contribution is 14.1. The third kappa shape index (κ3) is 2.35. The van der Waals surface area contributed by atoms with Gasteiger partial charge in [-0.15, -0.1) is 0 Å². The molecule has 0 saturated heterocycles. The molecule has 0 bridgehead atoms. The maximum Gasteiger partial charge on any atom is 0.280 e. The molecule has 1 rings (SSSR count). The van der Waals surface area contributed by atoms with Crippen LogP contribution in [0.3, 0.4) is 0 Å². The van der Waals surface area contributed by atoms with Crippen LogP contribution in [0, 0.1) is 20.7 Å². The standard InChI is InChI=1S/C8H4F3IN2/c9-4-3-6(8(10)11)14-5(1-2-13)7(4)12/h3,8H,1H2. The van der Waals surface area contributed by atoms with E-state index >= 15 is 0 Å². The fraction of sp³-hybridized carbons (Fsp3) is 0.250. The molecule has 6 heteroatoms. The highest BCUT2D eigenvalue weighted by atomic mass is 127. The maximum absolute atomic E-state index is 13.0. The van der Waals surface area contributed by atoms with Gasteiger partial charge in [-0.3, -0.25) is 0 Å². The van der Waals surface area contributed by atoms with Crippen LogP contribution in [-0.4, -0.2) is 4.98 Å². The molecule has 2 nitrogen and oxygen atoms in total. The largest absolute Gasteiger partial charge is 0.280 e. The SMILES string of the molecule is N#CCc1nc(C(F)F)cc(F)c1I. The lowest BCUT2D eigenvalue weighted by Gasteiger charge is -2.04. The first-order valence-electron chi connectivity index (χ1n) is 3.56. The lowest BCUT2D eigenvalue weighted by atomic mass is 10.2. The smallest absolute Gasteiger partial charge is 0.249 e. The predicted octanol–water partition coefficient (Wildman–Crippen LogP) is 2.83. The van der Waals surface area contributed by atoms with E-state index in [1.165, 1.54) is 0 Å². The number of hydrogen-bond acceptors (Lipinski definition) is 2. The highest BCUT2D eigenvalue weighted by Crippen LogP contribution is 2.22. The molecule has 0 amide bonds. The first kappa shape index (κ1) is 11.2. The molecule has 1 aromatic rings. The minimum Gasteiger partial charge on any atom is -0.249 e. The van der Waals surface area contributed by atoms with Gasteiger partial charge in [-0.25, -0.2) is 18.2 Å². The summed E-state index contributed by atoms with van der Waals surface area (Å²) in [4.78, 5) is 3.50. The van der Waals surface area contributed by atoms with E-state index in [1.54, 1.807) is 28.7 Å². The average Bonchev–Trinajstić information content (AvgIpc) is 2.12. The van der Waals surface area contributed by atoms with Gasteiger partial charge in [0, 0.05) is 6.07 Å². The first-order valence-corrected chi connectivity index (χ1v) is 4.64. The van der Waals surface area contributed by atoms with Crippen molar-refractivity contribution in [3.63, 3.8) is 0 Å². The van der Waals surface area contributed by atoms with Crippen LogP contribution in [0.2, 0.25) is 0 Å². The summed E-state index contributed by atoms with van der Waals surface area (Å²) in [7, 11) is 0. The molecule has 0 unspecified atom stereocenters. The van der Waals surface area contributed by atoms with Gasteiger partial charge in [0.15, 0.2) is 0 Å². The zero-order valence-corrected chi connectivity index (χ0v) is 8.93. The molecule has 0 N–H and O–H groups in total. The topological polar surface area (TPSA) is 36.7 Å². The summed E-state index contributed by atoms with van der Waals surface area (Å²) in [6.45, 7) is 0. The third-order valence-electron chi connectivity index (χ3n) is 1.47. The molecule has 0 aliphatic heterocycles. The molecular formula is C8H4F3IN2. The van der Waals surface area contributed by atoms with Gasteiger partial charge in [0.1, 0.15) is 11.5 Å². The van der Waals surface area contributed by atoms with Crippen molar-refractivity contribution >= 4 is 22.6 Å². The molecule has 1 heterocycles. The van der Waals surface area contributed by atoms with Crippen LogP contribution in [0.25, 0.3) is 0 Å². The summed E-state index contributed by atoms with van der Waals surface area (Å²) in [5.41, 5.74) is -0.573. The Bertz CT molecular complexity index is 387. The minimum atomic E-state index is -2.82. The Labute approximate surface area is 91.9 Å². The van der Waals surface area contributed by atoms with Crippen molar-refractivity contribution in [2.75, 3.05) is 0 Å². The predicted molar refractivity (Wildman–Crippen MR) is 51.2 cm³/mol. The Hall–Kier alpha value is -0.840. The summed E-state index contributed by atoms with van der Waals surface area (Å²) < 4.78 is 37.5. The molecular weight excluding hydrogens is 308 g/mol. The monoisotopic (exact) mass is 312 g/mol. The Morgan fingerprint density at radius 2 is 2.21 bits per heavy atom. The number of halogens is 4. The fourth-order valence-corrected chi connectivity index (χ4v) is 1.34. The van der Waals surface area contributed by atoms with Crippen molar-refractivity contribution in [1.29, 1.82) is 5.26 Å². The van der Waals surface area contributed by atoms with Gasteiger partial charge in [0.2, 0.25) is 0 Å². The van der Waals surface area contributed by atoms with Crippen molar-refractivity contribution in [2.45, 2.75) is 12.8 Å². The van der Waals surface area contributed by atoms with Gasteiger partial charge in [-0.05, 0) is 22.6 Å². The second kappa shape index (κ2) is 4.59. The highest BCUT2D eigenvalue weighted by Gasteiger charge is 2.15. The van der Waals surface area contributed by atoms with Crippen molar-refractivity contribution < 1.29 is 13.2 Å². The number of hydrogen-bond donors (Lipinski definition) is 0. The van der Waals surface area contributed by atoms with E-state index in [9.17, 15) is 13.2 Å². The maximum atomic E-state index is 13.0. The van der Waals surface area contributed by atoms with Crippen LogP contribution in [0.5, 0.6) is 0 Å². The van der Waals surface area contributed by atoms with Gasteiger partial charge in [0.25, 0.3) is 6.43 Å². The molecule has 14 heavy (non-hydrogen) atoms.